The normalized spacial score (nSPS) is 9.71. The highest BCUT2D eigenvalue weighted by Gasteiger charge is 2.14. The van der Waals surface area contributed by atoms with Crippen LogP contribution in [0.1, 0.15) is 21.6 Å². The fourth-order valence-corrected chi connectivity index (χ4v) is 1.72. The number of carbonyl (C=O) groups excluding carboxylic acids is 1. The molecule has 1 aromatic carbocycles. The van der Waals surface area contributed by atoms with E-state index in [1.54, 1.807) is 24.3 Å². The van der Waals surface area contributed by atoms with Crippen LogP contribution >= 0.6 is 0 Å². The van der Waals surface area contributed by atoms with Gasteiger partial charge in [0.2, 0.25) is 0 Å². The van der Waals surface area contributed by atoms with Crippen molar-refractivity contribution in [1.29, 1.82) is 5.26 Å². The molecule has 0 saturated heterocycles. The Kier molecular flexibility index (Phi) is 4.36. The Labute approximate surface area is 121 Å². The Bertz CT molecular complexity index is 708. The summed E-state index contributed by atoms with van der Waals surface area (Å²) in [6.45, 7) is -0.0494. The van der Waals surface area contributed by atoms with Crippen molar-refractivity contribution in [3.8, 4) is 11.8 Å². The molecule has 106 valence electrons. The third-order valence-corrected chi connectivity index (χ3v) is 2.84. The number of anilines is 1. The first-order valence-corrected chi connectivity index (χ1v) is 6.10. The molecule has 0 radical (unpaired) electrons. The van der Waals surface area contributed by atoms with Crippen molar-refractivity contribution in [1.82, 2.24) is 4.98 Å². The van der Waals surface area contributed by atoms with Gasteiger partial charge in [-0.15, -0.1) is 0 Å². The molecule has 0 aliphatic carbocycles. The highest BCUT2D eigenvalue weighted by molar-refractivity contribution is 5.95. The van der Waals surface area contributed by atoms with Gasteiger partial charge in [0.15, 0.2) is 0 Å². The molecule has 0 spiro atoms. The summed E-state index contributed by atoms with van der Waals surface area (Å²) in [6, 6.07) is 10.0. The highest BCUT2D eigenvalue weighted by atomic mass is 16.5. The van der Waals surface area contributed by atoms with Gasteiger partial charge in [-0.1, -0.05) is 6.07 Å². The van der Waals surface area contributed by atoms with Gasteiger partial charge in [-0.2, -0.15) is 5.26 Å². The van der Waals surface area contributed by atoms with E-state index in [1.807, 2.05) is 6.07 Å². The fourth-order valence-electron chi connectivity index (χ4n) is 1.72. The lowest BCUT2D eigenvalue weighted by Crippen LogP contribution is -2.09. The van der Waals surface area contributed by atoms with Crippen LogP contribution in [-0.4, -0.2) is 18.1 Å². The molecular formula is C15H13N3O3. The maximum atomic E-state index is 12.0. The SMILES string of the molecule is COc1ccc(N)c(C(=O)OCc2cccnc2C#N)c1. The van der Waals surface area contributed by atoms with E-state index in [1.165, 1.54) is 19.4 Å². The number of carbonyl (C=O) groups is 1. The molecule has 0 amide bonds. The minimum Gasteiger partial charge on any atom is -0.497 e. The Morgan fingerprint density at radius 1 is 1.43 bits per heavy atom. The molecule has 2 rings (SSSR count). The number of nitrogens with zero attached hydrogens (tertiary/aromatic N) is 2. The molecule has 0 aliphatic rings. The summed E-state index contributed by atoms with van der Waals surface area (Å²) in [7, 11) is 1.50. The zero-order chi connectivity index (χ0) is 15.2. The van der Waals surface area contributed by atoms with E-state index < -0.39 is 5.97 Å². The summed E-state index contributed by atoms with van der Waals surface area (Å²) < 4.78 is 10.2. The molecule has 0 unspecified atom stereocenters. The van der Waals surface area contributed by atoms with Crippen molar-refractivity contribution in [2.75, 3.05) is 12.8 Å². The lowest BCUT2D eigenvalue weighted by atomic mass is 10.1. The van der Waals surface area contributed by atoms with Gasteiger partial charge < -0.3 is 15.2 Å². The predicted molar refractivity (Wildman–Crippen MR) is 75.5 cm³/mol. The maximum Gasteiger partial charge on any atom is 0.340 e. The summed E-state index contributed by atoms with van der Waals surface area (Å²) in [4.78, 5) is 15.9. The minimum atomic E-state index is -0.584. The average Bonchev–Trinajstić information content (AvgIpc) is 2.53. The molecule has 0 atom stereocenters. The fraction of sp³-hybridized carbons (Fsp3) is 0.133. The predicted octanol–water partition coefficient (Wildman–Crippen LogP) is 1.90. The monoisotopic (exact) mass is 283 g/mol. The van der Waals surface area contributed by atoms with Crippen molar-refractivity contribution in [2.24, 2.45) is 0 Å². The van der Waals surface area contributed by atoms with Gasteiger partial charge in [0.25, 0.3) is 0 Å². The van der Waals surface area contributed by atoms with Crippen molar-refractivity contribution >= 4 is 11.7 Å². The molecule has 6 heteroatoms. The van der Waals surface area contributed by atoms with Gasteiger partial charge in [-0.25, -0.2) is 9.78 Å². The second kappa shape index (κ2) is 6.39. The van der Waals surface area contributed by atoms with Crippen LogP contribution in [-0.2, 0) is 11.3 Å². The third-order valence-electron chi connectivity index (χ3n) is 2.84. The molecule has 0 fully saturated rings. The van der Waals surface area contributed by atoms with Crippen LogP contribution in [0.3, 0.4) is 0 Å². The topological polar surface area (TPSA) is 98.2 Å². The summed E-state index contributed by atoms with van der Waals surface area (Å²) in [6.07, 6.45) is 1.50. The van der Waals surface area contributed by atoms with Crippen LogP contribution < -0.4 is 10.5 Å². The number of nitrogens with two attached hydrogens (primary N) is 1. The number of esters is 1. The molecular weight excluding hydrogens is 270 g/mol. The van der Waals surface area contributed by atoms with E-state index in [2.05, 4.69) is 4.98 Å². The van der Waals surface area contributed by atoms with E-state index in [9.17, 15) is 4.79 Å². The Balaban J connectivity index is 2.14. The number of pyridine rings is 1. The molecule has 6 nitrogen and oxygen atoms in total. The molecule has 1 aromatic heterocycles. The first-order chi connectivity index (χ1) is 10.2. The van der Waals surface area contributed by atoms with E-state index in [0.717, 1.165) is 0 Å². The van der Waals surface area contributed by atoms with Crippen LogP contribution in [0.15, 0.2) is 36.5 Å². The molecule has 0 aliphatic heterocycles. The number of methoxy groups -OCH3 is 1. The van der Waals surface area contributed by atoms with E-state index in [0.29, 0.717) is 17.0 Å². The van der Waals surface area contributed by atoms with Crippen molar-refractivity contribution in [2.45, 2.75) is 6.61 Å². The number of aromatic nitrogens is 1. The lowest BCUT2D eigenvalue weighted by molar-refractivity contribution is 0.0473. The smallest absolute Gasteiger partial charge is 0.340 e. The van der Waals surface area contributed by atoms with Crippen molar-refractivity contribution in [3.63, 3.8) is 0 Å². The Hall–Kier alpha value is -3.07. The first kappa shape index (κ1) is 14.3. The van der Waals surface area contributed by atoms with Gasteiger partial charge in [0, 0.05) is 17.4 Å². The Morgan fingerprint density at radius 2 is 2.24 bits per heavy atom. The maximum absolute atomic E-state index is 12.0. The first-order valence-electron chi connectivity index (χ1n) is 6.10. The number of nitrogen functional groups attached to an aromatic ring is 1. The summed E-state index contributed by atoms with van der Waals surface area (Å²) >= 11 is 0. The van der Waals surface area contributed by atoms with Crippen LogP contribution in [0.4, 0.5) is 5.69 Å². The van der Waals surface area contributed by atoms with Crippen LogP contribution in [0.2, 0.25) is 0 Å². The standard InChI is InChI=1S/C15H13N3O3/c1-20-11-4-5-13(17)12(7-11)15(19)21-9-10-3-2-6-18-14(10)8-16/h2-7H,9,17H2,1H3. The molecule has 0 bridgehead atoms. The molecule has 1 heterocycles. The van der Waals surface area contributed by atoms with Gasteiger partial charge in [-0.05, 0) is 24.3 Å². The lowest BCUT2D eigenvalue weighted by Gasteiger charge is -2.09. The van der Waals surface area contributed by atoms with Crippen LogP contribution in [0.25, 0.3) is 0 Å². The molecule has 2 N–H and O–H groups in total. The number of hydrogen-bond acceptors (Lipinski definition) is 6. The zero-order valence-corrected chi connectivity index (χ0v) is 11.4. The number of benzene rings is 1. The summed E-state index contributed by atoms with van der Waals surface area (Å²) in [5, 5.41) is 8.92. The van der Waals surface area contributed by atoms with E-state index in [-0.39, 0.29) is 17.9 Å². The highest BCUT2D eigenvalue weighted by Crippen LogP contribution is 2.20. The van der Waals surface area contributed by atoms with Crippen molar-refractivity contribution in [3.05, 3.63) is 53.3 Å². The second-order valence-electron chi connectivity index (χ2n) is 4.15. The molecule has 0 saturated carbocycles. The van der Waals surface area contributed by atoms with Gasteiger partial charge in [0.1, 0.15) is 24.1 Å². The molecule has 2 aromatic rings. The number of ether oxygens (including phenoxy) is 2. The average molecular weight is 283 g/mol. The van der Waals surface area contributed by atoms with Gasteiger partial charge >= 0.3 is 5.97 Å². The zero-order valence-electron chi connectivity index (χ0n) is 11.4. The second-order valence-corrected chi connectivity index (χ2v) is 4.15. The van der Waals surface area contributed by atoms with Crippen LogP contribution in [0, 0.1) is 11.3 Å². The number of nitriles is 1. The van der Waals surface area contributed by atoms with Crippen molar-refractivity contribution < 1.29 is 14.3 Å². The minimum absolute atomic E-state index is 0.0494. The van der Waals surface area contributed by atoms with Gasteiger partial charge in [0.05, 0.1) is 12.7 Å². The molecule has 21 heavy (non-hydrogen) atoms. The largest absolute Gasteiger partial charge is 0.497 e. The quantitative estimate of drug-likeness (QED) is 0.679. The number of hydrogen-bond donors (Lipinski definition) is 1. The van der Waals surface area contributed by atoms with Gasteiger partial charge in [-0.3, -0.25) is 0 Å². The third kappa shape index (κ3) is 3.28. The Morgan fingerprint density at radius 3 is 2.95 bits per heavy atom. The van der Waals surface area contributed by atoms with E-state index in [4.69, 9.17) is 20.5 Å². The summed E-state index contributed by atoms with van der Waals surface area (Å²) in [5.74, 6) is -0.0746. The number of rotatable bonds is 4. The van der Waals surface area contributed by atoms with Crippen LogP contribution in [0.5, 0.6) is 5.75 Å². The summed E-state index contributed by atoms with van der Waals surface area (Å²) in [5.41, 5.74) is 7.03. The van der Waals surface area contributed by atoms with E-state index >= 15 is 0 Å².